The molecule has 0 bridgehead atoms. The Morgan fingerprint density at radius 2 is 1.73 bits per heavy atom. The average molecular weight is 557 g/mol. The fourth-order valence-corrected chi connectivity index (χ4v) is 6.55. The van der Waals surface area contributed by atoms with Crippen molar-refractivity contribution >= 4 is 40.0 Å². The maximum atomic E-state index is 14.2. The van der Waals surface area contributed by atoms with Crippen LogP contribution in [0.2, 0.25) is 5.02 Å². The average Bonchev–Trinajstić information content (AvgIpc) is 2.95. The number of anilines is 3. The normalized spacial score (nSPS) is 16.9. The van der Waals surface area contributed by atoms with E-state index < -0.39 is 0 Å². The molecular formula is C32H37ClN6O. The van der Waals surface area contributed by atoms with E-state index in [4.69, 9.17) is 21.6 Å². The molecule has 3 heterocycles. The van der Waals surface area contributed by atoms with Crippen molar-refractivity contribution in [2.75, 3.05) is 43.4 Å². The number of likely N-dealkylation sites (N-methyl/N-ethyl adjacent to an activating group) is 1. The van der Waals surface area contributed by atoms with E-state index in [0.717, 1.165) is 74.1 Å². The molecule has 0 atom stereocenters. The lowest BCUT2D eigenvalue weighted by Crippen LogP contribution is -2.44. The van der Waals surface area contributed by atoms with Gasteiger partial charge in [-0.05, 0) is 69.1 Å². The molecule has 1 N–H and O–H groups in total. The first-order chi connectivity index (χ1) is 19.4. The van der Waals surface area contributed by atoms with Gasteiger partial charge in [-0.25, -0.2) is 4.98 Å². The molecule has 208 valence electrons. The lowest BCUT2D eigenvalue weighted by molar-refractivity contribution is 0.312. The monoisotopic (exact) mass is 556 g/mol. The maximum absolute atomic E-state index is 14.2. The number of aromatic nitrogens is 3. The van der Waals surface area contributed by atoms with Crippen LogP contribution in [0.5, 0.6) is 0 Å². The van der Waals surface area contributed by atoms with Gasteiger partial charge in [-0.2, -0.15) is 4.98 Å². The highest BCUT2D eigenvalue weighted by molar-refractivity contribution is 6.33. The van der Waals surface area contributed by atoms with E-state index in [0.29, 0.717) is 22.2 Å². The van der Waals surface area contributed by atoms with Gasteiger partial charge in [-0.1, -0.05) is 49.1 Å². The fourth-order valence-electron chi connectivity index (χ4n) is 6.32. The molecule has 2 aromatic carbocycles. The van der Waals surface area contributed by atoms with Crippen LogP contribution in [-0.4, -0.2) is 52.7 Å². The van der Waals surface area contributed by atoms with Crippen molar-refractivity contribution in [2.24, 2.45) is 0 Å². The predicted molar refractivity (Wildman–Crippen MR) is 165 cm³/mol. The molecule has 1 saturated heterocycles. The van der Waals surface area contributed by atoms with Gasteiger partial charge in [0.05, 0.1) is 5.56 Å². The van der Waals surface area contributed by atoms with Crippen LogP contribution >= 0.6 is 11.6 Å². The molecule has 8 heteroatoms. The molecule has 1 aliphatic carbocycles. The second-order valence-corrected chi connectivity index (χ2v) is 11.7. The largest absolute Gasteiger partial charge is 0.369 e. The van der Waals surface area contributed by atoms with Gasteiger partial charge in [0.15, 0.2) is 0 Å². The zero-order valence-electron chi connectivity index (χ0n) is 23.6. The van der Waals surface area contributed by atoms with Gasteiger partial charge in [0.25, 0.3) is 5.56 Å². The van der Waals surface area contributed by atoms with Gasteiger partial charge < -0.3 is 15.1 Å². The third-order valence-electron chi connectivity index (χ3n) is 8.59. The van der Waals surface area contributed by atoms with Crippen LogP contribution in [0, 0.1) is 13.8 Å². The number of piperazine rings is 1. The highest BCUT2D eigenvalue weighted by Crippen LogP contribution is 2.35. The van der Waals surface area contributed by atoms with Crippen molar-refractivity contribution in [3.8, 4) is 11.1 Å². The second kappa shape index (κ2) is 11.2. The zero-order chi connectivity index (χ0) is 27.8. The van der Waals surface area contributed by atoms with Crippen molar-refractivity contribution in [2.45, 2.75) is 52.0 Å². The van der Waals surface area contributed by atoms with Crippen LogP contribution in [0.4, 0.5) is 17.3 Å². The second-order valence-electron chi connectivity index (χ2n) is 11.3. The molecule has 6 rings (SSSR count). The minimum atomic E-state index is -0.0259. The molecule has 0 radical (unpaired) electrons. The van der Waals surface area contributed by atoms with E-state index in [-0.39, 0.29) is 11.6 Å². The molecule has 4 aromatic rings. The van der Waals surface area contributed by atoms with Crippen molar-refractivity contribution in [3.05, 3.63) is 75.2 Å². The van der Waals surface area contributed by atoms with Gasteiger partial charge in [0.2, 0.25) is 5.95 Å². The summed E-state index contributed by atoms with van der Waals surface area (Å²) in [6, 6.07) is 14.1. The lowest BCUT2D eigenvalue weighted by Gasteiger charge is -2.35. The summed E-state index contributed by atoms with van der Waals surface area (Å²) in [6.45, 7) is 8.35. The molecule has 0 amide bonds. The Labute approximate surface area is 240 Å². The van der Waals surface area contributed by atoms with Crippen LogP contribution in [0.1, 0.15) is 49.3 Å². The molecule has 0 spiro atoms. The van der Waals surface area contributed by atoms with Crippen LogP contribution < -0.4 is 15.8 Å². The molecule has 40 heavy (non-hydrogen) atoms. The van der Waals surface area contributed by atoms with Crippen molar-refractivity contribution in [1.29, 1.82) is 0 Å². The molecule has 2 aromatic heterocycles. The number of hydrogen-bond acceptors (Lipinski definition) is 6. The Hall–Kier alpha value is -3.42. The number of nitrogens with zero attached hydrogens (tertiary/aromatic N) is 5. The number of fused-ring (bicyclic) bond motifs is 1. The molecule has 1 saturated carbocycles. The Morgan fingerprint density at radius 3 is 2.45 bits per heavy atom. The zero-order valence-corrected chi connectivity index (χ0v) is 24.3. The predicted octanol–water partition coefficient (Wildman–Crippen LogP) is 6.73. The topological polar surface area (TPSA) is 66.3 Å². The minimum Gasteiger partial charge on any atom is -0.369 e. The van der Waals surface area contributed by atoms with E-state index in [1.807, 2.05) is 42.0 Å². The maximum Gasteiger partial charge on any atom is 0.260 e. The van der Waals surface area contributed by atoms with Crippen LogP contribution in [0.25, 0.3) is 22.2 Å². The number of pyridine rings is 1. The number of benzene rings is 2. The van der Waals surface area contributed by atoms with Gasteiger partial charge in [-0.3, -0.25) is 9.36 Å². The number of aryl methyl sites for hydroxylation is 2. The van der Waals surface area contributed by atoms with Crippen LogP contribution in [0.15, 0.2) is 53.5 Å². The smallest absolute Gasteiger partial charge is 0.260 e. The van der Waals surface area contributed by atoms with Crippen molar-refractivity contribution < 1.29 is 0 Å². The Balaban J connectivity index is 1.40. The van der Waals surface area contributed by atoms with Crippen molar-refractivity contribution in [1.82, 2.24) is 19.4 Å². The van der Waals surface area contributed by atoms with E-state index in [1.54, 1.807) is 0 Å². The third kappa shape index (κ3) is 5.08. The molecule has 1 aliphatic heterocycles. The SMILES string of the molecule is Cc1cc(Nc2ncc3c(C)c(-c4ccccc4Cl)c(=O)n(C4CCCCC4)c3n2)ccc1N1CCN(C)CC1. The summed E-state index contributed by atoms with van der Waals surface area (Å²) < 4.78 is 1.93. The van der Waals surface area contributed by atoms with E-state index in [1.165, 1.54) is 17.7 Å². The summed E-state index contributed by atoms with van der Waals surface area (Å²) in [6.07, 6.45) is 7.23. The first kappa shape index (κ1) is 26.8. The quantitative estimate of drug-likeness (QED) is 0.294. The number of hydrogen-bond donors (Lipinski definition) is 1. The number of rotatable bonds is 5. The highest BCUT2D eigenvalue weighted by atomic mass is 35.5. The summed E-state index contributed by atoms with van der Waals surface area (Å²) in [4.78, 5) is 28.7. The highest BCUT2D eigenvalue weighted by Gasteiger charge is 2.25. The fraction of sp³-hybridized carbons (Fsp3) is 0.406. The minimum absolute atomic E-state index is 0.0259. The summed E-state index contributed by atoms with van der Waals surface area (Å²) >= 11 is 6.59. The van der Waals surface area contributed by atoms with Crippen molar-refractivity contribution in [3.63, 3.8) is 0 Å². The van der Waals surface area contributed by atoms with Gasteiger partial charge in [0, 0.05) is 65.8 Å². The van der Waals surface area contributed by atoms with E-state index in [2.05, 4.69) is 47.3 Å². The molecule has 2 aliphatic rings. The third-order valence-corrected chi connectivity index (χ3v) is 8.92. The van der Waals surface area contributed by atoms with Crippen LogP contribution in [0.3, 0.4) is 0 Å². The summed E-state index contributed by atoms with van der Waals surface area (Å²) in [7, 11) is 2.17. The van der Waals surface area contributed by atoms with E-state index >= 15 is 0 Å². The summed E-state index contributed by atoms with van der Waals surface area (Å²) in [5, 5.41) is 4.87. The number of nitrogens with one attached hydrogen (secondary N) is 1. The number of halogens is 1. The molecular weight excluding hydrogens is 520 g/mol. The summed E-state index contributed by atoms with van der Waals surface area (Å²) in [5.74, 6) is 0.494. The standard InChI is InChI=1S/C32H37ClN6O/c1-21-19-23(13-14-28(21)38-17-15-37(3)16-18-38)35-32-34-20-26-22(2)29(25-11-7-8-12-27(25)33)31(40)39(30(26)36-32)24-9-5-4-6-10-24/h7-8,11-14,19-20,24H,4-6,9-10,15-18H2,1-3H3,(H,34,35,36). The van der Waals surface area contributed by atoms with Gasteiger partial charge in [0.1, 0.15) is 5.65 Å². The Bertz CT molecular complexity index is 1600. The molecule has 7 nitrogen and oxygen atoms in total. The lowest BCUT2D eigenvalue weighted by atomic mass is 9.93. The van der Waals surface area contributed by atoms with Crippen LogP contribution in [-0.2, 0) is 0 Å². The van der Waals surface area contributed by atoms with Gasteiger partial charge in [-0.15, -0.1) is 0 Å². The Kier molecular flexibility index (Phi) is 7.51. The van der Waals surface area contributed by atoms with Gasteiger partial charge >= 0.3 is 0 Å². The Morgan fingerprint density at radius 1 is 0.975 bits per heavy atom. The summed E-state index contributed by atoms with van der Waals surface area (Å²) in [5.41, 5.74) is 6.35. The first-order valence-electron chi connectivity index (χ1n) is 14.4. The molecule has 0 unspecified atom stereocenters. The molecule has 2 fully saturated rings. The first-order valence-corrected chi connectivity index (χ1v) is 14.8. The van der Waals surface area contributed by atoms with E-state index in [9.17, 15) is 4.79 Å².